The molecule has 2 rings (SSSR count). The van der Waals surface area contributed by atoms with E-state index in [0.717, 1.165) is 25.1 Å². The van der Waals surface area contributed by atoms with Gasteiger partial charge in [-0.2, -0.15) is 13.2 Å². The average molecular weight is 290 g/mol. The molecule has 0 amide bonds. The van der Waals surface area contributed by atoms with Crippen molar-refractivity contribution >= 4 is 11.8 Å². The summed E-state index contributed by atoms with van der Waals surface area (Å²) >= 11 is -0.0805. The Morgan fingerprint density at radius 3 is 2.42 bits per heavy atom. The highest BCUT2D eigenvalue weighted by atomic mass is 32.2. The van der Waals surface area contributed by atoms with E-state index in [9.17, 15) is 13.2 Å². The van der Waals surface area contributed by atoms with E-state index in [4.69, 9.17) is 5.73 Å². The minimum absolute atomic E-state index is 0.0805. The van der Waals surface area contributed by atoms with Gasteiger partial charge in [-0.25, -0.2) is 0 Å². The van der Waals surface area contributed by atoms with Crippen molar-refractivity contribution in [2.75, 3.05) is 6.54 Å². The lowest BCUT2D eigenvalue weighted by Crippen LogP contribution is -2.36. The molecule has 0 aromatic heterocycles. The zero-order chi connectivity index (χ0) is 14.0. The van der Waals surface area contributed by atoms with Gasteiger partial charge in [0.15, 0.2) is 0 Å². The van der Waals surface area contributed by atoms with Crippen LogP contribution in [0.2, 0.25) is 0 Å². The molecule has 2 N–H and O–H groups in total. The molecular formula is C13H17F3N2S. The van der Waals surface area contributed by atoms with Crippen molar-refractivity contribution in [1.82, 2.24) is 4.90 Å². The lowest BCUT2D eigenvalue weighted by atomic mass is 10.1. The van der Waals surface area contributed by atoms with Crippen LogP contribution in [0.15, 0.2) is 29.2 Å². The van der Waals surface area contributed by atoms with Crippen LogP contribution in [0.5, 0.6) is 0 Å². The van der Waals surface area contributed by atoms with E-state index in [1.54, 1.807) is 12.1 Å². The Morgan fingerprint density at radius 2 is 1.95 bits per heavy atom. The van der Waals surface area contributed by atoms with Gasteiger partial charge in [0, 0.05) is 30.1 Å². The zero-order valence-electron chi connectivity index (χ0n) is 10.7. The molecule has 19 heavy (non-hydrogen) atoms. The van der Waals surface area contributed by atoms with E-state index in [-0.39, 0.29) is 22.7 Å². The molecule has 1 aliphatic rings. The number of nitrogens with two attached hydrogens (primary N) is 1. The standard InChI is InChI=1S/C13H17F3N2S/c1-9-12(17)6-7-18(9)8-10-2-4-11(5-3-10)19-13(14,15)16/h2-5,9,12H,6-8,17H2,1H3. The maximum absolute atomic E-state index is 12.2. The Kier molecular flexibility index (Phi) is 4.43. The van der Waals surface area contributed by atoms with Crippen LogP contribution in [0.1, 0.15) is 18.9 Å². The fraction of sp³-hybridized carbons (Fsp3) is 0.538. The molecule has 1 saturated heterocycles. The quantitative estimate of drug-likeness (QED) is 0.867. The third-order valence-electron chi connectivity index (χ3n) is 3.49. The molecule has 0 saturated carbocycles. The number of likely N-dealkylation sites (tertiary alicyclic amines) is 1. The third kappa shape index (κ3) is 4.12. The fourth-order valence-corrected chi connectivity index (χ4v) is 2.82. The van der Waals surface area contributed by atoms with Gasteiger partial charge in [0.2, 0.25) is 0 Å². The Morgan fingerprint density at radius 1 is 1.32 bits per heavy atom. The maximum atomic E-state index is 12.2. The smallest absolute Gasteiger partial charge is 0.326 e. The van der Waals surface area contributed by atoms with Crippen LogP contribution < -0.4 is 5.73 Å². The Hall–Kier alpha value is -0.720. The normalized spacial score (nSPS) is 24.9. The van der Waals surface area contributed by atoms with Crippen molar-refractivity contribution in [3.8, 4) is 0 Å². The first kappa shape index (κ1) is 14.7. The lowest BCUT2D eigenvalue weighted by Gasteiger charge is -2.23. The Balaban J connectivity index is 1.96. The first-order valence-electron chi connectivity index (χ1n) is 6.19. The molecule has 2 atom stereocenters. The molecule has 2 nitrogen and oxygen atoms in total. The summed E-state index contributed by atoms with van der Waals surface area (Å²) in [5.74, 6) is 0. The molecule has 0 aliphatic carbocycles. The van der Waals surface area contributed by atoms with Crippen molar-refractivity contribution in [2.45, 2.75) is 42.4 Å². The molecule has 1 aliphatic heterocycles. The molecule has 1 heterocycles. The summed E-state index contributed by atoms with van der Waals surface area (Å²) in [6.45, 7) is 3.78. The molecule has 1 fully saturated rings. The van der Waals surface area contributed by atoms with Gasteiger partial charge >= 0.3 is 5.51 Å². The molecule has 0 bridgehead atoms. The minimum atomic E-state index is -4.22. The van der Waals surface area contributed by atoms with Gasteiger partial charge in [-0.15, -0.1) is 0 Å². The van der Waals surface area contributed by atoms with Gasteiger partial charge in [0.1, 0.15) is 0 Å². The number of thioether (sulfide) groups is 1. The SMILES string of the molecule is CC1C(N)CCN1Cc1ccc(SC(F)(F)F)cc1. The second-order valence-corrected chi connectivity index (χ2v) is 5.99. The highest BCUT2D eigenvalue weighted by Gasteiger charge is 2.29. The first-order valence-corrected chi connectivity index (χ1v) is 7.01. The summed E-state index contributed by atoms with van der Waals surface area (Å²) in [6.07, 6.45) is 0.975. The van der Waals surface area contributed by atoms with E-state index < -0.39 is 5.51 Å². The maximum Gasteiger partial charge on any atom is 0.446 e. The number of hydrogen-bond acceptors (Lipinski definition) is 3. The predicted molar refractivity (Wildman–Crippen MR) is 70.8 cm³/mol. The van der Waals surface area contributed by atoms with Gasteiger partial charge in [0.05, 0.1) is 0 Å². The van der Waals surface area contributed by atoms with E-state index in [1.165, 1.54) is 12.1 Å². The second kappa shape index (κ2) is 5.73. The van der Waals surface area contributed by atoms with Gasteiger partial charge in [-0.05, 0) is 42.8 Å². The number of alkyl halides is 3. The predicted octanol–water partition coefficient (Wildman–Crippen LogP) is 3.22. The molecule has 0 radical (unpaired) electrons. The molecule has 0 spiro atoms. The van der Waals surface area contributed by atoms with Crippen LogP contribution in [0, 0.1) is 0 Å². The third-order valence-corrected chi connectivity index (χ3v) is 4.23. The molecule has 2 unspecified atom stereocenters. The number of halogens is 3. The summed E-state index contributed by atoms with van der Waals surface area (Å²) in [6, 6.07) is 7.07. The van der Waals surface area contributed by atoms with Crippen molar-refractivity contribution in [2.24, 2.45) is 5.73 Å². The van der Waals surface area contributed by atoms with Gasteiger partial charge in [-0.1, -0.05) is 12.1 Å². The molecule has 1 aromatic rings. The van der Waals surface area contributed by atoms with Crippen LogP contribution in [0.25, 0.3) is 0 Å². The molecule has 1 aromatic carbocycles. The largest absolute Gasteiger partial charge is 0.446 e. The van der Waals surface area contributed by atoms with Crippen LogP contribution in [-0.4, -0.2) is 29.0 Å². The number of rotatable bonds is 3. The van der Waals surface area contributed by atoms with Crippen LogP contribution in [0.4, 0.5) is 13.2 Å². The zero-order valence-corrected chi connectivity index (χ0v) is 11.5. The second-order valence-electron chi connectivity index (χ2n) is 4.86. The molecule has 106 valence electrons. The minimum Gasteiger partial charge on any atom is -0.326 e. The van der Waals surface area contributed by atoms with E-state index in [2.05, 4.69) is 11.8 Å². The Labute approximate surface area is 115 Å². The first-order chi connectivity index (χ1) is 8.85. The Bertz CT molecular complexity index is 419. The fourth-order valence-electron chi connectivity index (χ4n) is 2.28. The summed E-state index contributed by atoms with van der Waals surface area (Å²) in [5, 5.41) is 0. The van der Waals surface area contributed by atoms with Crippen molar-refractivity contribution in [1.29, 1.82) is 0 Å². The van der Waals surface area contributed by atoms with Crippen LogP contribution in [-0.2, 0) is 6.54 Å². The average Bonchev–Trinajstić information content (AvgIpc) is 2.62. The van der Waals surface area contributed by atoms with Crippen molar-refractivity contribution in [3.63, 3.8) is 0 Å². The summed E-state index contributed by atoms with van der Waals surface area (Å²) in [4.78, 5) is 2.48. The number of nitrogens with zero attached hydrogens (tertiary/aromatic N) is 1. The summed E-state index contributed by atoms with van der Waals surface area (Å²) in [5.41, 5.74) is 2.74. The lowest BCUT2D eigenvalue weighted by molar-refractivity contribution is -0.0328. The van der Waals surface area contributed by atoms with Crippen LogP contribution in [0.3, 0.4) is 0 Å². The van der Waals surface area contributed by atoms with Gasteiger partial charge in [-0.3, -0.25) is 4.90 Å². The summed E-state index contributed by atoms with van der Waals surface area (Å²) in [7, 11) is 0. The molecule has 6 heteroatoms. The van der Waals surface area contributed by atoms with E-state index >= 15 is 0 Å². The van der Waals surface area contributed by atoms with E-state index in [1.807, 2.05) is 0 Å². The molecular weight excluding hydrogens is 273 g/mol. The van der Waals surface area contributed by atoms with Crippen LogP contribution >= 0.6 is 11.8 Å². The highest BCUT2D eigenvalue weighted by molar-refractivity contribution is 8.00. The topological polar surface area (TPSA) is 29.3 Å². The monoisotopic (exact) mass is 290 g/mol. The van der Waals surface area contributed by atoms with Gasteiger partial charge in [0.25, 0.3) is 0 Å². The highest BCUT2D eigenvalue weighted by Crippen LogP contribution is 2.36. The van der Waals surface area contributed by atoms with Crippen molar-refractivity contribution in [3.05, 3.63) is 29.8 Å². The van der Waals surface area contributed by atoms with Gasteiger partial charge < -0.3 is 5.73 Å². The van der Waals surface area contributed by atoms with Crippen molar-refractivity contribution < 1.29 is 13.2 Å². The summed E-state index contributed by atoms with van der Waals surface area (Å²) < 4.78 is 36.6. The van der Waals surface area contributed by atoms with E-state index in [0.29, 0.717) is 6.04 Å². The number of benzene rings is 1. The number of hydrogen-bond donors (Lipinski definition) is 1.